The van der Waals surface area contributed by atoms with Gasteiger partial charge in [0.15, 0.2) is 5.58 Å². The first kappa shape index (κ1) is 11.5. The van der Waals surface area contributed by atoms with Gasteiger partial charge in [0.1, 0.15) is 5.52 Å². The van der Waals surface area contributed by atoms with Crippen molar-refractivity contribution in [1.82, 2.24) is 14.5 Å². The van der Waals surface area contributed by atoms with E-state index in [1.807, 2.05) is 43.0 Å². The summed E-state index contributed by atoms with van der Waals surface area (Å²) in [5, 5.41) is 0. The molecule has 0 atom stereocenters. The fourth-order valence-electron chi connectivity index (χ4n) is 2.84. The van der Waals surface area contributed by atoms with Gasteiger partial charge in [0.2, 0.25) is 0 Å². The maximum atomic E-state index is 5.83. The lowest BCUT2D eigenvalue weighted by molar-refractivity contribution is 0.383. The van der Waals surface area contributed by atoms with Gasteiger partial charge in [-0.15, -0.1) is 0 Å². The Labute approximate surface area is 116 Å². The average molecular weight is 268 g/mol. The quantitative estimate of drug-likeness (QED) is 0.717. The number of aromatic nitrogens is 3. The summed E-state index contributed by atoms with van der Waals surface area (Å²) in [6, 6.07) is 9.20. The van der Waals surface area contributed by atoms with E-state index in [1.54, 1.807) is 0 Å². The van der Waals surface area contributed by atoms with Crippen molar-refractivity contribution in [1.29, 1.82) is 0 Å². The summed E-state index contributed by atoms with van der Waals surface area (Å²) in [7, 11) is 0. The minimum atomic E-state index is 0.540. The zero-order chi connectivity index (χ0) is 13.4. The smallest absolute Gasteiger partial charge is 0.298 e. The Hall–Kier alpha value is -2.30. The minimum absolute atomic E-state index is 0.540. The van der Waals surface area contributed by atoms with Gasteiger partial charge in [0.25, 0.3) is 6.01 Å². The Morgan fingerprint density at radius 1 is 1.15 bits per heavy atom. The van der Waals surface area contributed by atoms with Crippen molar-refractivity contribution in [3.63, 3.8) is 0 Å². The van der Waals surface area contributed by atoms with Crippen LogP contribution < -0.4 is 4.90 Å². The van der Waals surface area contributed by atoms with Crippen molar-refractivity contribution in [2.75, 3.05) is 18.0 Å². The molecule has 1 fully saturated rings. The van der Waals surface area contributed by atoms with Gasteiger partial charge in [-0.3, -0.25) is 0 Å². The highest BCUT2D eigenvalue weighted by Gasteiger charge is 2.23. The van der Waals surface area contributed by atoms with Gasteiger partial charge in [-0.25, -0.2) is 4.98 Å². The predicted octanol–water partition coefficient (Wildman–Crippen LogP) is 2.87. The van der Waals surface area contributed by atoms with Gasteiger partial charge in [0, 0.05) is 31.5 Å². The monoisotopic (exact) mass is 268 g/mol. The number of hydrogen-bond acceptors (Lipinski definition) is 4. The third-order valence-corrected chi connectivity index (χ3v) is 3.96. The van der Waals surface area contributed by atoms with E-state index in [1.165, 1.54) is 0 Å². The SMILES string of the molecule is c1ccc2oc(N3CCC(n4ccnc4)CC3)nc2c1. The molecule has 5 nitrogen and oxygen atoms in total. The van der Waals surface area contributed by atoms with Gasteiger partial charge in [0.05, 0.1) is 6.33 Å². The number of anilines is 1. The van der Waals surface area contributed by atoms with E-state index in [9.17, 15) is 0 Å². The largest absolute Gasteiger partial charge is 0.423 e. The lowest BCUT2D eigenvalue weighted by Crippen LogP contribution is -2.34. The number of benzene rings is 1. The lowest BCUT2D eigenvalue weighted by atomic mass is 10.1. The first-order chi connectivity index (χ1) is 9.90. The zero-order valence-electron chi connectivity index (χ0n) is 11.1. The molecule has 1 aromatic carbocycles. The standard InChI is InChI=1S/C15H16N4O/c1-2-4-14-13(3-1)17-15(20-14)18-8-5-12(6-9-18)19-10-7-16-11-19/h1-4,7,10-12H,5-6,8-9H2. The van der Waals surface area contributed by atoms with E-state index in [2.05, 4.69) is 19.4 Å². The van der Waals surface area contributed by atoms with E-state index >= 15 is 0 Å². The van der Waals surface area contributed by atoms with E-state index in [-0.39, 0.29) is 0 Å². The molecule has 1 saturated heterocycles. The Morgan fingerprint density at radius 3 is 2.75 bits per heavy atom. The third kappa shape index (κ3) is 1.95. The summed E-state index contributed by atoms with van der Waals surface area (Å²) >= 11 is 0. The summed E-state index contributed by atoms with van der Waals surface area (Å²) in [5.74, 6) is 0. The normalized spacial score (nSPS) is 16.9. The number of rotatable bonds is 2. The fraction of sp³-hybridized carbons (Fsp3) is 0.333. The molecule has 3 heterocycles. The van der Waals surface area contributed by atoms with E-state index < -0.39 is 0 Å². The van der Waals surface area contributed by atoms with Crippen molar-refractivity contribution < 1.29 is 4.42 Å². The average Bonchev–Trinajstić information content (AvgIpc) is 3.17. The number of imidazole rings is 1. The number of hydrogen-bond donors (Lipinski definition) is 0. The van der Waals surface area contributed by atoms with Crippen LogP contribution in [0.4, 0.5) is 6.01 Å². The second-order valence-corrected chi connectivity index (χ2v) is 5.19. The first-order valence-corrected chi connectivity index (χ1v) is 6.98. The van der Waals surface area contributed by atoms with Crippen LogP contribution in [-0.2, 0) is 0 Å². The molecule has 0 bridgehead atoms. The molecule has 0 saturated carbocycles. The molecular weight excluding hydrogens is 252 g/mol. The Morgan fingerprint density at radius 2 is 2.00 bits per heavy atom. The van der Waals surface area contributed by atoms with Crippen molar-refractivity contribution in [2.24, 2.45) is 0 Å². The molecule has 0 aliphatic carbocycles. The van der Waals surface area contributed by atoms with E-state index in [0.29, 0.717) is 6.04 Å². The van der Waals surface area contributed by atoms with Crippen LogP contribution in [-0.4, -0.2) is 27.6 Å². The summed E-state index contributed by atoms with van der Waals surface area (Å²) in [5.41, 5.74) is 1.79. The molecule has 4 rings (SSSR count). The van der Waals surface area contributed by atoms with Crippen LogP contribution in [0.3, 0.4) is 0 Å². The molecule has 0 N–H and O–H groups in total. The van der Waals surface area contributed by atoms with Gasteiger partial charge in [-0.1, -0.05) is 12.1 Å². The van der Waals surface area contributed by atoms with Crippen LogP contribution >= 0.6 is 0 Å². The molecule has 0 radical (unpaired) electrons. The van der Waals surface area contributed by atoms with Crippen molar-refractivity contribution in [2.45, 2.75) is 18.9 Å². The zero-order valence-corrected chi connectivity index (χ0v) is 11.1. The number of piperidine rings is 1. The topological polar surface area (TPSA) is 47.1 Å². The Kier molecular flexibility index (Phi) is 2.69. The van der Waals surface area contributed by atoms with Crippen LogP contribution in [0.25, 0.3) is 11.1 Å². The highest BCUT2D eigenvalue weighted by Crippen LogP contribution is 2.28. The van der Waals surface area contributed by atoms with Gasteiger partial charge in [-0.2, -0.15) is 4.98 Å². The van der Waals surface area contributed by atoms with Crippen LogP contribution in [0.5, 0.6) is 0 Å². The summed E-state index contributed by atoms with van der Waals surface area (Å²) in [4.78, 5) is 10.9. The highest BCUT2D eigenvalue weighted by atomic mass is 16.4. The van der Waals surface area contributed by atoms with Crippen molar-refractivity contribution in [3.8, 4) is 0 Å². The van der Waals surface area contributed by atoms with E-state index in [4.69, 9.17) is 4.42 Å². The summed E-state index contributed by atoms with van der Waals surface area (Å²) in [6.45, 7) is 1.94. The third-order valence-electron chi connectivity index (χ3n) is 3.96. The van der Waals surface area contributed by atoms with Crippen molar-refractivity contribution >= 4 is 17.1 Å². The minimum Gasteiger partial charge on any atom is -0.423 e. The van der Waals surface area contributed by atoms with Crippen LogP contribution in [0, 0.1) is 0 Å². The molecule has 1 aliphatic heterocycles. The Bertz CT molecular complexity index is 663. The molecule has 2 aromatic heterocycles. The molecule has 0 spiro atoms. The second-order valence-electron chi connectivity index (χ2n) is 5.19. The summed E-state index contributed by atoms with van der Waals surface area (Å²) < 4.78 is 8.03. The van der Waals surface area contributed by atoms with Crippen LogP contribution in [0.1, 0.15) is 18.9 Å². The fourth-order valence-corrected chi connectivity index (χ4v) is 2.84. The van der Waals surface area contributed by atoms with Crippen LogP contribution in [0.15, 0.2) is 47.4 Å². The van der Waals surface area contributed by atoms with Crippen LogP contribution in [0.2, 0.25) is 0 Å². The molecular formula is C15H16N4O. The lowest BCUT2D eigenvalue weighted by Gasteiger charge is -2.31. The summed E-state index contributed by atoms with van der Waals surface area (Å²) in [6.07, 6.45) is 7.97. The van der Waals surface area contributed by atoms with Gasteiger partial charge < -0.3 is 13.9 Å². The molecule has 5 heteroatoms. The highest BCUT2D eigenvalue weighted by molar-refractivity contribution is 5.74. The van der Waals surface area contributed by atoms with E-state index in [0.717, 1.165) is 43.0 Å². The first-order valence-electron chi connectivity index (χ1n) is 6.98. The maximum absolute atomic E-state index is 5.83. The predicted molar refractivity (Wildman–Crippen MR) is 76.7 cm³/mol. The molecule has 102 valence electrons. The molecule has 0 unspecified atom stereocenters. The molecule has 20 heavy (non-hydrogen) atoms. The Balaban J connectivity index is 1.51. The maximum Gasteiger partial charge on any atom is 0.298 e. The number of fused-ring (bicyclic) bond motifs is 1. The second kappa shape index (κ2) is 4.67. The molecule has 3 aromatic rings. The number of para-hydroxylation sites is 2. The number of nitrogens with zero attached hydrogens (tertiary/aromatic N) is 4. The van der Waals surface area contributed by atoms with Crippen molar-refractivity contribution in [3.05, 3.63) is 43.0 Å². The molecule has 0 amide bonds. The van der Waals surface area contributed by atoms with Gasteiger partial charge in [-0.05, 0) is 25.0 Å². The number of oxazole rings is 1. The molecule has 1 aliphatic rings. The van der Waals surface area contributed by atoms with Gasteiger partial charge >= 0.3 is 0 Å².